The average Bonchev–Trinajstić information content (AvgIpc) is 2.74. The van der Waals surface area contributed by atoms with Crippen LogP contribution in [0.4, 0.5) is 0 Å². The van der Waals surface area contributed by atoms with Crippen molar-refractivity contribution in [1.82, 2.24) is 5.43 Å². The van der Waals surface area contributed by atoms with Gasteiger partial charge in [0.1, 0.15) is 18.1 Å². The molecular weight excluding hydrogens is 376 g/mol. The summed E-state index contributed by atoms with van der Waals surface area (Å²) in [4.78, 5) is 12.3. The molecule has 0 saturated carbocycles. The monoisotopic (exact) mass is 394 g/mol. The lowest BCUT2D eigenvalue weighted by Gasteiger charge is -2.08. The zero-order valence-corrected chi connectivity index (χ0v) is 16.0. The standard InChI is InChI=1S/C22H19ClN2O3/c1-27-19-11-9-16(10-12-19)14-24-25-22(26)18-6-4-5-17(13-18)15-28-21-8-3-2-7-20(21)23/h2-14H,15H2,1H3,(H,25,26)/b24-14+. The van der Waals surface area contributed by atoms with Crippen LogP contribution in [0.2, 0.25) is 5.02 Å². The number of nitrogens with zero attached hydrogens (tertiary/aromatic N) is 1. The Balaban J connectivity index is 1.58. The molecule has 3 aromatic carbocycles. The van der Waals surface area contributed by atoms with E-state index in [1.165, 1.54) is 0 Å². The molecule has 0 aliphatic heterocycles. The fraction of sp³-hybridized carbons (Fsp3) is 0.0909. The lowest BCUT2D eigenvalue weighted by molar-refractivity contribution is 0.0955. The summed E-state index contributed by atoms with van der Waals surface area (Å²) in [6.07, 6.45) is 1.57. The number of carbonyl (C=O) groups excluding carboxylic acids is 1. The van der Waals surface area contributed by atoms with Crippen LogP contribution in [0.1, 0.15) is 21.5 Å². The smallest absolute Gasteiger partial charge is 0.271 e. The first kappa shape index (κ1) is 19.5. The van der Waals surface area contributed by atoms with E-state index in [0.717, 1.165) is 16.9 Å². The fourth-order valence-corrected chi connectivity index (χ4v) is 2.64. The number of ether oxygens (including phenoxy) is 2. The summed E-state index contributed by atoms with van der Waals surface area (Å²) in [5.41, 5.74) is 4.72. The van der Waals surface area contributed by atoms with E-state index in [-0.39, 0.29) is 5.91 Å². The fourth-order valence-electron chi connectivity index (χ4n) is 2.45. The summed E-state index contributed by atoms with van der Waals surface area (Å²) in [6, 6.07) is 21.8. The van der Waals surface area contributed by atoms with Gasteiger partial charge in [-0.05, 0) is 59.7 Å². The van der Waals surface area contributed by atoms with Gasteiger partial charge in [-0.15, -0.1) is 0 Å². The second-order valence-corrected chi connectivity index (χ2v) is 6.30. The number of benzene rings is 3. The minimum Gasteiger partial charge on any atom is -0.497 e. The van der Waals surface area contributed by atoms with Gasteiger partial charge in [0.05, 0.1) is 18.3 Å². The van der Waals surface area contributed by atoms with Gasteiger partial charge in [-0.1, -0.05) is 35.9 Å². The Morgan fingerprint density at radius 3 is 2.61 bits per heavy atom. The van der Waals surface area contributed by atoms with Gasteiger partial charge in [-0.25, -0.2) is 5.43 Å². The van der Waals surface area contributed by atoms with Gasteiger partial charge in [-0.2, -0.15) is 5.10 Å². The van der Waals surface area contributed by atoms with Crippen LogP contribution in [0.25, 0.3) is 0 Å². The van der Waals surface area contributed by atoms with Crippen LogP contribution in [0, 0.1) is 0 Å². The van der Waals surface area contributed by atoms with E-state index in [4.69, 9.17) is 21.1 Å². The van der Waals surface area contributed by atoms with Crippen molar-refractivity contribution < 1.29 is 14.3 Å². The number of hydrazone groups is 1. The SMILES string of the molecule is COc1ccc(/C=N/NC(=O)c2cccc(COc3ccccc3Cl)c2)cc1. The van der Waals surface area contributed by atoms with Gasteiger partial charge in [0.25, 0.3) is 5.91 Å². The Hall–Kier alpha value is -3.31. The molecule has 0 fully saturated rings. The number of nitrogens with one attached hydrogen (secondary N) is 1. The van der Waals surface area contributed by atoms with Crippen LogP contribution >= 0.6 is 11.6 Å². The van der Waals surface area contributed by atoms with Crippen molar-refractivity contribution in [3.05, 3.63) is 94.5 Å². The maximum atomic E-state index is 12.3. The highest BCUT2D eigenvalue weighted by Crippen LogP contribution is 2.24. The Morgan fingerprint density at radius 2 is 1.86 bits per heavy atom. The molecule has 1 amide bonds. The third-order valence-corrected chi connectivity index (χ3v) is 4.23. The minimum atomic E-state index is -0.302. The number of methoxy groups -OCH3 is 1. The second-order valence-electron chi connectivity index (χ2n) is 5.89. The molecule has 0 spiro atoms. The van der Waals surface area contributed by atoms with Crippen LogP contribution < -0.4 is 14.9 Å². The van der Waals surface area contributed by atoms with Crippen molar-refractivity contribution in [2.24, 2.45) is 5.10 Å². The normalized spacial score (nSPS) is 10.6. The van der Waals surface area contributed by atoms with Crippen LogP contribution in [-0.2, 0) is 6.61 Å². The van der Waals surface area contributed by atoms with Crippen LogP contribution in [-0.4, -0.2) is 19.2 Å². The first-order valence-electron chi connectivity index (χ1n) is 8.59. The molecule has 0 aliphatic carbocycles. The molecule has 3 aromatic rings. The Bertz CT molecular complexity index is 972. The minimum absolute atomic E-state index is 0.302. The summed E-state index contributed by atoms with van der Waals surface area (Å²) < 4.78 is 10.8. The average molecular weight is 395 g/mol. The van der Waals surface area contributed by atoms with Crippen LogP contribution in [0.15, 0.2) is 77.9 Å². The molecule has 0 unspecified atom stereocenters. The zero-order chi connectivity index (χ0) is 19.8. The van der Waals surface area contributed by atoms with Crippen LogP contribution in [0.5, 0.6) is 11.5 Å². The summed E-state index contributed by atoms with van der Waals surface area (Å²) in [5.74, 6) is 1.06. The number of hydrogen-bond donors (Lipinski definition) is 1. The predicted molar refractivity (Wildman–Crippen MR) is 110 cm³/mol. The van der Waals surface area contributed by atoms with Gasteiger partial charge < -0.3 is 9.47 Å². The van der Waals surface area contributed by atoms with Crippen molar-refractivity contribution in [2.75, 3.05) is 7.11 Å². The zero-order valence-electron chi connectivity index (χ0n) is 15.3. The summed E-state index contributed by atoms with van der Waals surface area (Å²) in [7, 11) is 1.61. The van der Waals surface area contributed by atoms with E-state index in [1.807, 2.05) is 42.5 Å². The molecule has 0 aliphatic rings. The molecule has 3 rings (SSSR count). The number of hydrogen-bond acceptors (Lipinski definition) is 4. The lowest BCUT2D eigenvalue weighted by atomic mass is 10.1. The summed E-state index contributed by atoms with van der Waals surface area (Å²) in [6.45, 7) is 0.306. The topological polar surface area (TPSA) is 59.9 Å². The van der Waals surface area contributed by atoms with Crippen LogP contribution in [0.3, 0.4) is 0 Å². The van der Waals surface area contributed by atoms with Gasteiger partial charge in [0, 0.05) is 5.56 Å². The number of halogens is 1. The molecule has 28 heavy (non-hydrogen) atoms. The molecule has 0 radical (unpaired) electrons. The molecule has 0 aromatic heterocycles. The van der Waals surface area contributed by atoms with E-state index < -0.39 is 0 Å². The van der Waals surface area contributed by atoms with Gasteiger partial charge in [-0.3, -0.25) is 4.79 Å². The van der Waals surface area contributed by atoms with E-state index in [0.29, 0.717) is 22.9 Å². The maximum absolute atomic E-state index is 12.3. The van der Waals surface area contributed by atoms with Gasteiger partial charge in [0.15, 0.2) is 0 Å². The first-order chi connectivity index (χ1) is 13.7. The lowest BCUT2D eigenvalue weighted by Crippen LogP contribution is -2.17. The molecular formula is C22H19ClN2O3. The number of para-hydroxylation sites is 1. The highest BCUT2D eigenvalue weighted by molar-refractivity contribution is 6.32. The summed E-state index contributed by atoms with van der Waals surface area (Å²) in [5, 5.41) is 4.54. The summed E-state index contributed by atoms with van der Waals surface area (Å²) >= 11 is 6.08. The molecule has 1 N–H and O–H groups in total. The van der Waals surface area contributed by atoms with Crippen molar-refractivity contribution in [3.8, 4) is 11.5 Å². The molecule has 142 valence electrons. The Labute approximate surface area is 168 Å². The second kappa shape index (κ2) is 9.58. The van der Waals surface area contributed by atoms with E-state index >= 15 is 0 Å². The highest BCUT2D eigenvalue weighted by atomic mass is 35.5. The quantitative estimate of drug-likeness (QED) is 0.467. The number of amides is 1. The van der Waals surface area contributed by atoms with E-state index in [9.17, 15) is 4.79 Å². The predicted octanol–water partition coefficient (Wildman–Crippen LogP) is 4.69. The largest absolute Gasteiger partial charge is 0.497 e. The molecule has 0 bridgehead atoms. The third-order valence-electron chi connectivity index (χ3n) is 3.92. The van der Waals surface area contributed by atoms with Crippen molar-refractivity contribution in [2.45, 2.75) is 6.61 Å². The Morgan fingerprint density at radius 1 is 1.07 bits per heavy atom. The van der Waals surface area contributed by atoms with E-state index in [1.54, 1.807) is 43.7 Å². The highest BCUT2D eigenvalue weighted by Gasteiger charge is 2.06. The Kier molecular flexibility index (Phi) is 6.65. The number of carbonyl (C=O) groups is 1. The first-order valence-corrected chi connectivity index (χ1v) is 8.97. The van der Waals surface area contributed by atoms with Crippen molar-refractivity contribution >= 4 is 23.7 Å². The third kappa shape index (κ3) is 5.34. The van der Waals surface area contributed by atoms with Gasteiger partial charge in [0.2, 0.25) is 0 Å². The molecule has 6 heteroatoms. The maximum Gasteiger partial charge on any atom is 0.271 e. The number of rotatable bonds is 7. The van der Waals surface area contributed by atoms with Crippen molar-refractivity contribution in [3.63, 3.8) is 0 Å². The molecule has 5 nitrogen and oxygen atoms in total. The molecule has 0 atom stereocenters. The van der Waals surface area contributed by atoms with Gasteiger partial charge >= 0.3 is 0 Å². The van der Waals surface area contributed by atoms with E-state index in [2.05, 4.69) is 10.5 Å². The van der Waals surface area contributed by atoms with Crippen molar-refractivity contribution in [1.29, 1.82) is 0 Å². The molecule has 0 heterocycles. The molecule has 0 saturated heterocycles.